The third-order valence-corrected chi connectivity index (χ3v) is 3.96. The zero-order valence-corrected chi connectivity index (χ0v) is 15.7. The summed E-state index contributed by atoms with van der Waals surface area (Å²) in [5, 5.41) is 9.66. The molecule has 1 heterocycles. The van der Waals surface area contributed by atoms with E-state index in [0.717, 1.165) is 30.2 Å². The van der Waals surface area contributed by atoms with E-state index in [2.05, 4.69) is 27.0 Å². The minimum Gasteiger partial charge on any atom is -0.493 e. The lowest BCUT2D eigenvalue weighted by Gasteiger charge is -2.28. The summed E-state index contributed by atoms with van der Waals surface area (Å²) in [5.74, 6) is 1.73. The van der Waals surface area contributed by atoms with E-state index in [4.69, 9.17) is 4.74 Å². The number of guanidine groups is 1. The second kappa shape index (κ2) is 8.74. The molecule has 1 aliphatic rings. The molecule has 1 aromatic carbocycles. The van der Waals surface area contributed by atoms with E-state index < -0.39 is 0 Å². The van der Waals surface area contributed by atoms with Crippen LogP contribution in [-0.4, -0.2) is 38.1 Å². The Balaban J connectivity index is 1.94. The first kappa shape index (κ1) is 19.1. The summed E-state index contributed by atoms with van der Waals surface area (Å²) < 4.78 is 5.70. The predicted octanol–water partition coefficient (Wildman–Crippen LogP) is 2.23. The van der Waals surface area contributed by atoms with Gasteiger partial charge in [-0.25, -0.2) is 0 Å². The molecule has 0 spiro atoms. The molecule has 1 aromatic rings. The molecule has 1 amide bonds. The van der Waals surface area contributed by atoms with Gasteiger partial charge in [0.05, 0.1) is 19.2 Å². The van der Waals surface area contributed by atoms with Crippen LogP contribution in [0.4, 0.5) is 0 Å². The van der Waals surface area contributed by atoms with E-state index in [-0.39, 0.29) is 17.4 Å². The average Bonchev–Trinajstić information content (AvgIpc) is 2.58. The maximum atomic E-state index is 11.9. The fourth-order valence-corrected chi connectivity index (χ4v) is 2.58. The maximum absolute atomic E-state index is 11.9. The van der Waals surface area contributed by atoms with Crippen LogP contribution in [-0.2, 0) is 4.79 Å². The molecule has 0 aliphatic carbocycles. The van der Waals surface area contributed by atoms with Crippen molar-refractivity contribution in [1.82, 2.24) is 16.0 Å². The van der Waals surface area contributed by atoms with Crippen LogP contribution in [0.2, 0.25) is 0 Å². The Morgan fingerprint density at radius 3 is 2.76 bits per heavy atom. The molecule has 0 saturated heterocycles. The van der Waals surface area contributed by atoms with Crippen molar-refractivity contribution in [3.05, 3.63) is 29.8 Å². The third-order valence-electron chi connectivity index (χ3n) is 3.96. The molecule has 6 heteroatoms. The van der Waals surface area contributed by atoms with Crippen molar-refractivity contribution in [2.75, 3.05) is 26.2 Å². The average molecular weight is 346 g/mol. The highest BCUT2D eigenvalue weighted by Gasteiger charge is 2.22. The van der Waals surface area contributed by atoms with Crippen LogP contribution in [0.3, 0.4) is 0 Å². The van der Waals surface area contributed by atoms with E-state index in [1.54, 1.807) is 0 Å². The number of aliphatic imine (C=N–C) groups is 1. The number of amides is 1. The van der Waals surface area contributed by atoms with Gasteiger partial charge < -0.3 is 20.7 Å². The van der Waals surface area contributed by atoms with Gasteiger partial charge in [-0.2, -0.15) is 0 Å². The van der Waals surface area contributed by atoms with Crippen molar-refractivity contribution in [3.8, 4) is 5.75 Å². The fraction of sp³-hybridized carbons (Fsp3) is 0.579. The number of nitrogens with zero attached hydrogens (tertiary/aromatic N) is 1. The molecule has 1 aliphatic heterocycles. The molecule has 2 rings (SSSR count). The molecular formula is C19H30N4O2. The van der Waals surface area contributed by atoms with Gasteiger partial charge in [-0.3, -0.25) is 9.79 Å². The number of hydrogen-bond donors (Lipinski definition) is 3. The molecular weight excluding hydrogens is 316 g/mol. The van der Waals surface area contributed by atoms with Gasteiger partial charge in [-0.05, 0) is 13.0 Å². The van der Waals surface area contributed by atoms with Gasteiger partial charge >= 0.3 is 0 Å². The Morgan fingerprint density at radius 2 is 2.04 bits per heavy atom. The molecule has 138 valence electrons. The van der Waals surface area contributed by atoms with E-state index in [1.807, 2.05) is 45.9 Å². The topological polar surface area (TPSA) is 74.8 Å². The highest BCUT2D eigenvalue weighted by Crippen LogP contribution is 2.31. The first-order valence-electron chi connectivity index (χ1n) is 8.96. The van der Waals surface area contributed by atoms with Gasteiger partial charge in [-0.1, -0.05) is 39.0 Å². The maximum Gasteiger partial charge on any atom is 0.225 e. The molecule has 1 atom stereocenters. The van der Waals surface area contributed by atoms with Crippen LogP contribution in [0.5, 0.6) is 5.75 Å². The number of fused-ring (bicyclic) bond motifs is 1. The Hall–Kier alpha value is -2.24. The van der Waals surface area contributed by atoms with Crippen molar-refractivity contribution in [3.63, 3.8) is 0 Å². The summed E-state index contributed by atoms with van der Waals surface area (Å²) >= 11 is 0. The zero-order chi connectivity index (χ0) is 18.3. The minimum atomic E-state index is -0.377. The molecule has 3 N–H and O–H groups in total. The zero-order valence-electron chi connectivity index (χ0n) is 15.7. The first-order chi connectivity index (χ1) is 11.9. The summed E-state index contributed by atoms with van der Waals surface area (Å²) in [4.78, 5) is 16.5. The quantitative estimate of drug-likeness (QED) is 0.434. The Kier molecular flexibility index (Phi) is 6.67. The van der Waals surface area contributed by atoms with Gasteiger partial charge in [0.15, 0.2) is 5.96 Å². The van der Waals surface area contributed by atoms with Crippen molar-refractivity contribution in [2.45, 2.75) is 40.2 Å². The van der Waals surface area contributed by atoms with E-state index in [1.165, 1.54) is 0 Å². The number of benzene rings is 1. The number of ether oxygens (including phenoxy) is 1. The lowest BCUT2D eigenvalue weighted by Crippen LogP contribution is -2.42. The molecule has 0 bridgehead atoms. The second-order valence-electron chi connectivity index (χ2n) is 7.14. The minimum absolute atomic E-state index is 0.0408. The Labute approximate surface area is 150 Å². The van der Waals surface area contributed by atoms with E-state index >= 15 is 0 Å². The SMILES string of the molecule is CCNC(=NCCNC(=O)C(C)(C)C)NC1CCOc2ccccc21. The van der Waals surface area contributed by atoms with Crippen molar-refractivity contribution < 1.29 is 9.53 Å². The lowest BCUT2D eigenvalue weighted by molar-refractivity contribution is -0.128. The molecule has 0 saturated carbocycles. The van der Waals surface area contributed by atoms with Crippen LogP contribution in [0, 0.1) is 5.41 Å². The second-order valence-corrected chi connectivity index (χ2v) is 7.14. The number of hydrogen-bond acceptors (Lipinski definition) is 3. The Bertz CT molecular complexity index is 608. The third kappa shape index (κ3) is 5.66. The highest BCUT2D eigenvalue weighted by atomic mass is 16.5. The number of rotatable bonds is 5. The van der Waals surface area contributed by atoms with Crippen LogP contribution in [0.25, 0.3) is 0 Å². The highest BCUT2D eigenvalue weighted by molar-refractivity contribution is 5.82. The summed E-state index contributed by atoms with van der Waals surface area (Å²) in [6.45, 7) is 10.3. The van der Waals surface area contributed by atoms with E-state index in [0.29, 0.717) is 19.7 Å². The first-order valence-corrected chi connectivity index (χ1v) is 8.96. The molecule has 6 nitrogen and oxygen atoms in total. The largest absolute Gasteiger partial charge is 0.493 e. The van der Waals surface area contributed by atoms with Crippen LogP contribution in [0.1, 0.15) is 45.7 Å². The molecule has 0 fully saturated rings. The summed E-state index contributed by atoms with van der Waals surface area (Å²) in [7, 11) is 0. The summed E-state index contributed by atoms with van der Waals surface area (Å²) in [6, 6.07) is 8.26. The van der Waals surface area contributed by atoms with Crippen molar-refractivity contribution >= 4 is 11.9 Å². The number of nitrogens with one attached hydrogen (secondary N) is 3. The smallest absolute Gasteiger partial charge is 0.225 e. The van der Waals surface area contributed by atoms with Gasteiger partial charge in [0.2, 0.25) is 5.91 Å². The standard InChI is InChI=1S/C19H30N4O2/c1-5-20-18(22-12-11-21-17(24)19(2,3)4)23-15-10-13-25-16-9-7-6-8-14(15)16/h6-9,15H,5,10-13H2,1-4H3,(H,21,24)(H2,20,22,23). The number of carbonyl (C=O) groups is 1. The fourth-order valence-electron chi connectivity index (χ4n) is 2.58. The molecule has 0 aromatic heterocycles. The molecule has 25 heavy (non-hydrogen) atoms. The normalized spacial score (nSPS) is 17.3. The van der Waals surface area contributed by atoms with Gasteiger partial charge in [0.1, 0.15) is 5.75 Å². The van der Waals surface area contributed by atoms with E-state index in [9.17, 15) is 4.79 Å². The van der Waals surface area contributed by atoms with Gasteiger partial charge in [0.25, 0.3) is 0 Å². The van der Waals surface area contributed by atoms with Gasteiger partial charge in [0, 0.05) is 30.5 Å². The number of carbonyl (C=O) groups excluding carboxylic acids is 1. The van der Waals surface area contributed by atoms with Crippen LogP contribution >= 0.6 is 0 Å². The number of para-hydroxylation sites is 1. The summed E-state index contributed by atoms with van der Waals surface area (Å²) in [6.07, 6.45) is 0.891. The Morgan fingerprint density at radius 1 is 1.28 bits per heavy atom. The van der Waals surface area contributed by atoms with Crippen LogP contribution in [0.15, 0.2) is 29.3 Å². The predicted molar refractivity (Wildman–Crippen MR) is 101 cm³/mol. The lowest BCUT2D eigenvalue weighted by atomic mass is 9.96. The monoisotopic (exact) mass is 346 g/mol. The van der Waals surface area contributed by atoms with Crippen molar-refractivity contribution in [2.24, 2.45) is 10.4 Å². The van der Waals surface area contributed by atoms with Crippen molar-refractivity contribution in [1.29, 1.82) is 0 Å². The van der Waals surface area contributed by atoms with Gasteiger partial charge in [-0.15, -0.1) is 0 Å². The van der Waals surface area contributed by atoms with Crippen LogP contribution < -0.4 is 20.7 Å². The molecule has 1 unspecified atom stereocenters. The summed E-state index contributed by atoms with van der Waals surface area (Å²) in [5.41, 5.74) is 0.776. The molecule has 0 radical (unpaired) electrons.